The van der Waals surface area contributed by atoms with E-state index in [9.17, 15) is 22.8 Å². The molecule has 0 unspecified atom stereocenters. The topological polar surface area (TPSA) is 75.6 Å². The first-order valence-electron chi connectivity index (χ1n) is 14.1. The van der Waals surface area contributed by atoms with Gasteiger partial charge in [-0.3, -0.25) is 0 Å². The van der Waals surface area contributed by atoms with Crippen LogP contribution in [0.1, 0.15) is 55.1 Å². The van der Waals surface area contributed by atoms with E-state index in [-0.39, 0.29) is 18.3 Å². The van der Waals surface area contributed by atoms with E-state index in [1.807, 2.05) is 43.4 Å². The normalized spacial score (nSPS) is 14.0. The second kappa shape index (κ2) is 12.2. The van der Waals surface area contributed by atoms with Gasteiger partial charge in [0.05, 0.1) is 29.1 Å². The minimum Gasteiger partial charge on any atom is -0.461 e. The number of anilines is 3. The van der Waals surface area contributed by atoms with Crippen LogP contribution in [0.3, 0.4) is 0 Å². The number of hydrogen-bond acceptors (Lipinski definition) is 4. The van der Waals surface area contributed by atoms with Gasteiger partial charge in [-0.25, -0.2) is 9.59 Å². The molecule has 0 saturated heterocycles. The molecule has 220 valence electrons. The molecular formula is C32H33F3N4O3. The highest BCUT2D eigenvalue weighted by atomic mass is 19.4. The van der Waals surface area contributed by atoms with Gasteiger partial charge in [-0.15, -0.1) is 0 Å². The molecular weight excluding hydrogens is 545 g/mol. The van der Waals surface area contributed by atoms with Crippen molar-refractivity contribution in [3.05, 3.63) is 84.1 Å². The summed E-state index contributed by atoms with van der Waals surface area (Å²) < 4.78 is 46.8. The van der Waals surface area contributed by atoms with Crippen molar-refractivity contribution in [1.29, 1.82) is 0 Å². The molecule has 1 heterocycles. The van der Waals surface area contributed by atoms with Crippen molar-refractivity contribution in [2.75, 3.05) is 29.2 Å². The van der Waals surface area contributed by atoms with E-state index in [2.05, 4.69) is 15.5 Å². The highest BCUT2D eigenvalue weighted by Gasteiger charge is 2.30. The number of benzene rings is 3. The summed E-state index contributed by atoms with van der Waals surface area (Å²) >= 11 is 0. The zero-order valence-corrected chi connectivity index (χ0v) is 23.5. The van der Waals surface area contributed by atoms with Gasteiger partial charge in [-0.05, 0) is 68.3 Å². The Morgan fingerprint density at radius 2 is 1.71 bits per heavy atom. The van der Waals surface area contributed by atoms with Gasteiger partial charge in [0.15, 0.2) is 0 Å². The number of para-hydroxylation sites is 1. The number of fused-ring (bicyclic) bond motifs is 1. The van der Waals surface area contributed by atoms with E-state index in [0.29, 0.717) is 17.1 Å². The maximum absolute atomic E-state index is 13.2. The molecule has 7 nitrogen and oxygen atoms in total. The lowest BCUT2D eigenvalue weighted by molar-refractivity contribution is -0.137. The fourth-order valence-electron chi connectivity index (χ4n) is 5.58. The molecule has 1 aromatic heterocycles. The van der Waals surface area contributed by atoms with E-state index in [1.54, 1.807) is 23.6 Å². The number of esters is 1. The number of nitrogens with one attached hydrogen (secondary N) is 2. The molecule has 5 rings (SSSR count). The standard InChI is InChI=1S/C32H33F3N4O3/c1-3-42-30(40)29-18-21-10-7-8-15-27(21)39(29)25-16-17-28(38(2)24-13-5-4-6-14-24)26(20-25)37-31(41)36-23-12-9-11-22(19-23)32(33,34)35/h7-12,15-20,24H,3-6,13-14H2,1-2H3,(H2,36,37,41). The molecule has 0 aliphatic heterocycles. The van der Waals surface area contributed by atoms with E-state index < -0.39 is 23.7 Å². The molecule has 2 N–H and O–H groups in total. The Balaban J connectivity index is 1.54. The second-order valence-corrected chi connectivity index (χ2v) is 10.4. The van der Waals surface area contributed by atoms with Crippen LogP contribution in [0.2, 0.25) is 0 Å². The number of carbonyl (C=O) groups is 2. The summed E-state index contributed by atoms with van der Waals surface area (Å²) in [5, 5.41) is 6.24. The van der Waals surface area contributed by atoms with Gasteiger partial charge in [0, 0.05) is 29.9 Å². The number of carbonyl (C=O) groups excluding carboxylic acids is 2. The Morgan fingerprint density at radius 1 is 0.952 bits per heavy atom. The summed E-state index contributed by atoms with van der Waals surface area (Å²) in [6.07, 6.45) is 0.917. The van der Waals surface area contributed by atoms with Crippen molar-refractivity contribution in [2.45, 2.75) is 51.2 Å². The van der Waals surface area contributed by atoms with E-state index in [4.69, 9.17) is 4.74 Å². The van der Waals surface area contributed by atoms with Gasteiger partial charge < -0.3 is 24.8 Å². The maximum Gasteiger partial charge on any atom is 0.416 e. The number of urea groups is 1. The quantitative estimate of drug-likeness (QED) is 0.217. The molecule has 1 fully saturated rings. The molecule has 0 spiro atoms. The molecule has 0 atom stereocenters. The zero-order chi connectivity index (χ0) is 29.9. The number of ether oxygens (including phenoxy) is 1. The molecule has 4 aromatic rings. The third-order valence-corrected chi connectivity index (χ3v) is 7.63. The van der Waals surface area contributed by atoms with Gasteiger partial charge in [0.2, 0.25) is 0 Å². The minimum absolute atomic E-state index is 0.0154. The highest BCUT2D eigenvalue weighted by Crippen LogP contribution is 2.35. The van der Waals surface area contributed by atoms with Crippen LogP contribution in [0, 0.1) is 0 Å². The molecule has 0 bridgehead atoms. The van der Waals surface area contributed by atoms with Crippen LogP contribution >= 0.6 is 0 Å². The minimum atomic E-state index is -4.53. The van der Waals surface area contributed by atoms with Crippen LogP contribution in [0.5, 0.6) is 0 Å². The predicted octanol–water partition coefficient (Wildman–Crippen LogP) is 8.24. The van der Waals surface area contributed by atoms with Crippen LogP contribution in [-0.4, -0.2) is 36.3 Å². The molecule has 1 aliphatic carbocycles. The van der Waals surface area contributed by atoms with Crippen molar-refractivity contribution in [2.24, 2.45) is 0 Å². The smallest absolute Gasteiger partial charge is 0.416 e. The van der Waals surface area contributed by atoms with Gasteiger partial charge in [0.25, 0.3) is 0 Å². The lowest BCUT2D eigenvalue weighted by Gasteiger charge is -2.34. The van der Waals surface area contributed by atoms with E-state index >= 15 is 0 Å². The van der Waals surface area contributed by atoms with Crippen LogP contribution in [0.4, 0.5) is 35.0 Å². The first-order valence-corrected chi connectivity index (χ1v) is 14.1. The van der Waals surface area contributed by atoms with Crippen LogP contribution in [0.15, 0.2) is 72.8 Å². The highest BCUT2D eigenvalue weighted by molar-refractivity contribution is 6.03. The lowest BCUT2D eigenvalue weighted by Crippen LogP contribution is -2.34. The molecule has 1 aliphatic rings. The molecule has 42 heavy (non-hydrogen) atoms. The van der Waals surface area contributed by atoms with Crippen LogP contribution in [-0.2, 0) is 10.9 Å². The Kier molecular flexibility index (Phi) is 8.42. The number of aromatic nitrogens is 1. The second-order valence-electron chi connectivity index (χ2n) is 10.4. The summed E-state index contributed by atoms with van der Waals surface area (Å²) in [7, 11) is 1.98. The van der Waals surface area contributed by atoms with Gasteiger partial charge >= 0.3 is 18.2 Å². The average Bonchev–Trinajstić information content (AvgIpc) is 3.37. The van der Waals surface area contributed by atoms with Gasteiger partial charge in [-0.2, -0.15) is 13.2 Å². The SMILES string of the molecule is CCOC(=O)c1cc2ccccc2n1-c1ccc(N(C)C2CCCCC2)c(NC(=O)Nc2cccc(C(F)(F)F)c2)c1. The maximum atomic E-state index is 13.2. The van der Waals surface area contributed by atoms with Crippen LogP contribution in [0.25, 0.3) is 16.6 Å². The Hall–Kier alpha value is -4.47. The number of hydrogen-bond donors (Lipinski definition) is 2. The first kappa shape index (κ1) is 29.0. The Morgan fingerprint density at radius 3 is 2.45 bits per heavy atom. The number of nitrogens with zero attached hydrogens (tertiary/aromatic N) is 2. The number of halogens is 3. The molecule has 10 heteroatoms. The summed E-state index contributed by atoms with van der Waals surface area (Å²) in [6.45, 7) is 1.96. The monoisotopic (exact) mass is 578 g/mol. The number of rotatable bonds is 7. The summed E-state index contributed by atoms with van der Waals surface area (Å²) in [6, 6.07) is 19.0. The molecule has 3 aromatic carbocycles. The molecule has 2 amide bonds. The lowest BCUT2D eigenvalue weighted by atomic mass is 9.94. The zero-order valence-electron chi connectivity index (χ0n) is 23.5. The van der Waals surface area contributed by atoms with Gasteiger partial charge in [-0.1, -0.05) is 43.5 Å². The van der Waals surface area contributed by atoms with Crippen molar-refractivity contribution in [3.8, 4) is 5.69 Å². The third kappa shape index (κ3) is 6.22. The number of amides is 2. The van der Waals surface area contributed by atoms with Crippen molar-refractivity contribution >= 4 is 40.0 Å². The predicted molar refractivity (Wildman–Crippen MR) is 159 cm³/mol. The summed E-state index contributed by atoms with van der Waals surface area (Å²) in [5.41, 5.74) is 2.12. The van der Waals surface area contributed by atoms with Gasteiger partial charge in [0.1, 0.15) is 5.69 Å². The molecule has 0 radical (unpaired) electrons. The fraction of sp³-hybridized carbons (Fsp3) is 0.312. The number of alkyl halides is 3. The summed E-state index contributed by atoms with van der Waals surface area (Å²) in [4.78, 5) is 28.2. The largest absolute Gasteiger partial charge is 0.461 e. The first-order chi connectivity index (χ1) is 20.2. The third-order valence-electron chi connectivity index (χ3n) is 7.63. The molecule has 1 saturated carbocycles. The van der Waals surface area contributed by atoms with Crippen LogP contribution < -0.4 is 15.5 Å². The fourth-order valence-corrected chi connectivity index (χ4v) is 5.58. The van der Waals surface area contributed by atoms with E-state index in [0.717, 1.165) is 54.4 Å². The Bertz CT molecular complexity index is 1590. The average molecular weight is 579 g/mol. The van der Waals surface area contributed by atoms with Crippen molar-refractivity contribution in [1.82, 2.24) is 4.57 Å². The summed E-state index contributed by atoms with van der Waals surface area (Å²) in [5.74, 6) is -0.478. The van der Waals surface area contributed by atoms with E-state index in [1.165, 1.54) is 18.6 Å². The van der Waals surface area contributed by atoms with Crippen molar-refractivity contribution < 1.29 is 27.5 Å². The van der Waals surface area contributed by atoms with Crippen molar-refractivity contribution in [3.63, 3.8) is 0 Å². The Labute approximate surface area is 242 Å².